The van der Waals surface area contributed by atoms with Gasteiger partial charge in [-0.05, 0) is 31.5 Å². The Morgan fingerprint density at radius 3 is 2.50 bits per heavy atom. The molecule has 0 aliphatic carbocycles. The summed E-state index contributed by atoms with van der Waals surface area (Å²) in [5.41, 5.74) is 4.57. The zero-order chi connectivity index (χ0) is 15.6. The third-order valence-electron chi connectivity index (χ3n) is 3.39. The second-order valence-electron chi connectivity index (χ2n) is 4.99. The van der Waals surface area contributed by atoms with Gasteiger partial charge >= 0.3 is 0 Å². The number of rotatable bonds is 5. The minimum absolute atomic E-state index is 0.0554. The van der Waals surface area contributed by atoms with E-state index in [0.29, 0.717) is 6.42 Å². The van der Waals surface area contributed by atoms with E-state index in [1.54, 1.807) is 13.8 Å². The van der Waals surface area contributed by atoms with Gasteiger partial charge in [-0.1, -0.05) is 6.92 Å². The SMILES string of the molecule is CCC(C)(CN)C(=O)Nc1cc(S(C)(=O)=O)ccc1F. The molecule has 1 rings (SSSR count). The predicted molar refractivity (Wildman–Crippen MR) is 75.6 cm³/mol. The molecule has 1 aromatic rings. The predicted octanol–water partition coefficient (Wildman–Crippen LogP) is 1.54. The molecule has 1 atom stereocenters. The van der Waals surface area contributed by atoms with Crippen LogP contribution in [0.3, 0.4) is 0 Å². The van der Waals surface area contributed by atoms with Crippen LogP contribution in [0.1, 0.15) is 20.3 Å². The van der Waals surface area contributed by atoms with Crippen LogP contribution in [0.4, 0.5) is 10.1 Å². The van der Waals surface area contributed by atoms with Gasteiger partial charge in [-0.15, -0.1) is 0 Å². The largest absolute Gasteiger partial charge is 0.329 e. The maximum atomic E-state index is 13.7. The third kappa shape index (κ3) is 3.55. The number of benzene rings is 1. The van der Waals surface area contributed by atoms with Gasteiger partial charge < -0.3 is 11.1 Å². The molecule has 20 heavy (non-hydrogen) atoms. The molecule has 112 valence electrons. The van der Waals surface area contributed by atoms with Crippen LogP contribution in [-0.4, -0.2) is 27.1 Å². The molecule has 0 saturated heterocycles. The first-order chi connectivity index (χ1) is 9.14. The number of carbonyl (C=O) groups excluding carboxylic acids is 1. The summed E-state index contributed by atoms with van der Waals surface area (Å²) in [5, 5.41) is 2.41. The quantitative estimate of drug-likeness (QED) is 0.807. The normalized spacial score (nSPS) is 14.7. The minimum Gasteiger partial charge on any atom is -0.329 e. The lowest BCUT2D eigenvalue weighted by molar-refractivity contribution is -0.124. The molecule has 5 nitrogen and oxygen atoms in total. The molecule has 0 fully saturated rings. The highest BCUT2D eigenvalue weighted by atomic mass is 32.2. The monoisotopic (exact) mass is 302 g/mol. The molecule has 1 unspecified atom stereocenters. The fourth-order valence-corrected chi connectivity index (χ4v) is 2.15. The van der Waals surface area contributed by atoms with E-state index < -0.39 is 27.0 Å². The Balaban J connectivity index is 3.13. The zero-order valence-electron chi connectivity index (χ0n) is 11.7. The Morgan fingerprint density at radius 1 is 1.45 bits per heavy atom. The summed E-state index contributed by atoms with van der Waals surface area (Å²) in [7, 11) is -3.47. The van der Waals surface area contributed by atoms with E-state index in [-0.39, 0.29) is 17.1 Å². The van der Waals surface area contributed by atoms with Crippen molar-refractivity contribution in [2.45, 2.75) is 25.2 Å². The van der Waals surface area contributed by atoms with Gasteiger partial charge in [-0.3, -0.25) is 4.79 Å². The summed E-state index contributed by atoms with van der Waals surface area (Å²) in [6, 6.07) is 3.27. The number of nitrogens with two attached hydrogens (primary N) is 1. The van der Waals surface area contributed by atoms with E-state index >= 15 is 0 Å². The van der Waals surface area contributed by atoms with Gasteiger partial charge in [-0.25, -0.2) is 12.8 Å². The van der Waals surface area contributed by atoms with Gasteiger partial charge in [0.25, 0.3) is 0 Å². The zero-order valence-corrected chi connectivity index (χ0v) is 12.6. The number of nitrogens with one attached hydrogen (secondary N) is 1. The van der Waals surface area contributed by atoms with E-state index in [2.05, 4.69) is 5.32 Å². The van der Waals surface area contributed by atoms with Gasteiger partial charge in [0.05, 0.1) is 16.0 Å². The molecule has 0 aliphatic heterocycles. The van der Waals surface area contributed by atoms with Crippen LogP contribution >= 0.6 is 0 Å². The summed E-state index contributed by atoms with van der Waals surface area (Å²) in [5.74, 6) is -1.13. The molecule has 0 spiro atoms. The van der Waals surface area contributed by atoms with Crippen molar-refractivity contribution >= 4 is 21.4 Å². The molecule has 0 aliphatic rings. The molecule has 1 amide bonds. The fraction of sp³-hybridized carbons (Fsp3) is 0.462. The van der Waals surface area contributed by atoms with E-state index in [1.165, 1.54) is 0 Å². The van der Waals surface area contributed by atoms with Crippen molar-refractivity contribution in [1.29, 1.82) is 0 Å². The van der Waals surface area contributed by atoms with Crippen LogP contribution in [0, 0.1) is 11.2 Å². The Morgan fingerprint density at radius 2 is 2.05 bits per heavy atom. The van der Waals surface area contributed by atoms with E-state index in [4.69, 9.17) is 5.73 Å². The van der Waals surface area contributed by atoms with Crippen LogP contribution in [0.2, 0.25) is 0 Å². The Bertz CT molecular complexity index is 610. The van der Waals surface area contributed by atoms with E-state index in [9.17, 15) is 17.6 Å². The first kappa shape index (κ1) is 16.6. The van der Waals surface area contributed by atoms with Crippen molar-refractivity contribution in [3.63, 3.8) is 0 Å². The lowest BCUT2D eigenvalue weighted by Crippen LogP contribution is -2.39. The molecule has 0 aromatic heterocycles. The van der Waals surface area contributed by atoms with Crippen molar-refractivity contribution in [2.75, 3.05) is 18.1 Å². The summed E-state index contributed by atoms with van der Waals surface area (Å²) >= 11 is 0. The second kappa shape index (κ2) is 5.88. The fourth-order valence-electron chi connectivity index (χ4n) is 1.50. The summed E-state index contributed by atoms with van der Waals surface area (Å²) in [4.78, 5) is 12.0. The van der Waals surface area contributed by atoms with E-state index in [0.717, 1.165) is 24.5 Å². The highest BCUT2D eigenvalue weighted by molar-refractivity contribution is 7.90. The number of anilines is 1. The Hall–Kier alpha value is -1.47. The number of halogens is 1. The van der Waals surface area contributed by atoms with E-state index in [1.807, 2.05) is 0 Å². The number of hydrogen-bond acceptors (Lipinski definition) is 4. The van der Waals surface area contributed by atoms with Crippen LogP contribution < -0.4 is 11.1 Å². The standard InChI is InChI=1S/C13H19FN2O3S/c1-4-13(2,8-15)12(17)16-11-7-9(20(3,18)19)5-6-10(11)14/h5-7H,4,8,15H2,1-3H3,(H,16,17). The maximum Gasteiger partial charge on any atom is 0.231 e. The molecule has 3 N–H and O–H groups in total. The van der Waals surface area contributed by atoms with Gasteiger partial charge in [0.15, 0.2) is 9.84 Å². The van der Waals surface area contributed by atoms with Crippen molar-refractivity contribution in [1.82, 2.24) is 0 Å². The molecular formula is C13H19FN2O3S. The molecule has 0 bridgehead atoms. The first-order valence-corrected chi connectivity index (χ1v) is 8.04. The molecule has 1 aromatic carbocycles. The highest BCUT2D eigenvalue weighted by Gasteiger charge is 2.30. The van der Waals surface area contributed by atoms with Crippen LogP contribution in [0.5, 0.6) is 0 Å². The summed E-state index contributed by atoms with van der Waals surface area (Å²) < 4.78 is 36.5. The third-order valence-corrected chi connectivity index (χ3v) is 4.50. The van der Waals surface area contributed by atoms with Crippen molar-refractivity contribution < 1.29 is 17.6 Å². The molecule has 0 radical (unpaired) electrons. The summed E-state index contributed by atoms with van der Waals surface area (Å²) in [6.45, 7) is 3.58. The molecule has 7 heteroatoms. The number of carbonyl (C=O) groups is 1. The Kier molecular flexibility index (Phi) is 4.88. The molecule has 0 saturated carbocycles. The molecular weight excluding hydrogens is 283 g/mol. The average Bonchev–Trinajstić information content (AvgIpc) is 2.38. The number of sulfone groups is 1. The van der Waals surface area contributed by atoms with Gasteiger partial charge in [0, 0.05) is 12.8 Å². The first-order valence-electron chi connectivity index (χ1n) is 6.15. The van der Waals surface area contributed by atoms with Crippen molar-refractivity contribution in [3.8, 4) is 0 Å². The van der Waals surface area contributed by atoms with Gasteiger partial charge in [0.2, 0.25) is 5.91 Å². The van der Waals surface area contributed by atoms with Crippen molar-refractivity contribution in [2.24, 2.45) is 11.1 Å². The Labute approximate surface area is 118 Å². The highest BCUT2D eigenvalue weighted by Crippen LogP contribution is 2.25. The topological polar surface area (TPSA) is 89.3 Å². The van der Waals surface area contributed by atoms with Gasteiger partial charge in [0.1, 0.15) is 5.82 Å². The number of amides is 1. The summed E-state index contributed by atoms with van der Waals surface area (Å²) in [6.07, 6.45) is 1.50. The lowest BCUT2D eigenvalue weighted by Gasteiger charge is -2.25. The van der Waals surface area contributed by atoms with Crippen LogP contribution in [0.15, 0.2) is 23.1 Å². The lowest BCUT2D eigenvalue weighted by atomic mass is 9.86. The van der Waals surface area contributed by atoms with Gasteiger partial charge in [-0.2, -0.15) is 0 Å². The van der Waals surface area contributed by atoms with Crippen LogP contribution in [0.25, 0.3) is 0 Å². The maximum absolute atomic E-state index is 13.7. The minimum atomic E-state index is -3.47. The van der Waals surface area contributed by atoms with Crippen LogP contribution in [-0.2, 0) is 14.6 Å². The number of hydrogen-bond donors (Lipinski definition) is 2. The smallest absolute Gasteiger partial charge is 0.231 e. The van der Waals surface area contributed by atoms with Crippen molar-refractivity contribution in [3.05, 3.63) is 24.0 Å². The second-order valence-corrected chi connectivity index (χ2v) is 7.00. The molecule has 0 heterocycles. The average molecular weight is 302 g/mol.